The number of aromatic nitrogens is 5. The minimum atomic E-state index is 0.164. The number of nitrogens with one attached hydrogen (secondary N) is 1. The summed E-state index contributed by atoms with van der Waals surface area (Å²) >= 11 is 1.70. The molecule has 6 nitrogen and oxygen atoms in total. The Balaban J connectivity index is 1.68. The smallest absolute Gasteiger partial charge is 0.170 e. The van der Waals surface area contributed by atoms with Crippen molar-refractivity contribution >= 4 is 11.3 Å². The van der Waals surface area contributed by atoms with Crippen LogP contribution in [0.3, 0.4) is 0 Å². The minimum absolute atomic E-state index is 0.164. The largest absolute Gasteiger partial charge is 0.302 e. The molecule has 7 heteroatoms. The first-order valence-electron chi connectivity index (χ1n) is 7.28. The number of nitrogens with zero attached hydrogens (tertiary/aromatic N) is 5. The second-order valence-electron chi connectivity index (χ2n) is 4.96. The highest BCUT2D eigenvalue weighted by atomic mass is 32.1. The molecule has 0 spiro atoms. The van der Waals surface area contributed by atoms with Gasteiger partial charge in [-0.1, -0.05) is 25.1 Å². The summed E-state index contributed by atoms with van der Waals surface area (Å²) in [4.78, 5) is 4.61. The average Bonchev–Trinajstić information content (AvgIpc) is 3.22. The van der Waals surface area contributed by atoms with Crippen LogP contribution >= 0.6 is 11.3 Å². The van der Waals surface area contributed by atoms with E-state index in [-0.39, 0.29) is 6.04 Å². The molecule has 2 heterocycles. The molecule has 2 aromatic heterocycles. The number of aryl methyl sites for hydroxylation is 1. The van der Waals surface area contributed by atoms with Gasteiger partial charge in [-0.05, 0) is 35.9 Å². The molecule has 0 radical (unpaired) electrons. The summed E-state index contributed by atoms with van der Waals surface area (Å²) in [6.45, 7) is 4.81. The molecule has 3 aromatic rings. The van der Waals surface area contributed by atoms with Gasteiger partial charge in [0.05, 0.1) is 22.9 Å². The summed E-state index contributed by atoms with van der Waals surface area (Å²) in [6, 6.07) is 10.0. The first-order chi connectivity index (χ1) is 10.8. The van der Waals surface area contributed by atoms with Gasteiger partial charge in [-0.3, -0.25) is 0 Å². The number of para-hydroxylation sites is 1. The Morgan fingerprint density at radius 1 is 1.27 bits per heavy atom. The SMILES string of the molecule is CCc1nc([C@H](C)NCc2nnnn2-c2ccccc2)cs1. The maximum absolute atomic E-state index is 4.61. The van der Waals surface area contributed by atoms with Crippen molar-refractivity contribution in [2.45, 2.75) is 32.9 Å². The molecule has 0 amide bonds. The van der Waals surface area contributed by atoms with E-state index < -0.39 is 0 Å². The molecule has 0 aliphatic heterocycles. The van der Waals surface area contributed by atoms with E-state index in [1.165, 1.54) is 0 Å². The molecule has 22 heavy (non-hydrogen) atoms. The Labute approximate surface area is 133 Å². The van der Waals surface area contributed by atoms with E-state index in [1.807, 2.05) is 30.3 Å². The molecular formula is C15H18N6S. The summed E-state index contributed by atoms with van der Waals surface area (Å²) < 4.78 is 1.75. The van der Waals surface area contributed by atoms with Crippen LogP contribution < -0.4 is 5.32 Å². The van der Waals surface area contributed by atoms with Gasteiger partial charge in [0.25, 0.3) is 0 Å². The zero-order valence-electron chi connectivity index (χ0n) is 12.6. The lowest BCUT2D eigenvalue weighted by molar-refractivity contribution is 0.541. The van der Waals surface area contributed by atoms with E-state index in [2.05, 4.69) is 45.1 Å². The zero-order valence-corrected chi connectivity index (χ0v) is 13.4. The average molecular weight is 314 g/mol. The number of benzene rings is 1. The van der Waals surface area contributed by atoms with Gasteiger partial charge >= 0.3 is 0 Å². The molecule has 1 atom stereocenters. The Morgan fingerprint density at radius 3 is 2.82 bits per heavy atom. The zero-order chi connectivity index (χ0) is 15.4. The number of rotatable bonds is 6. The first kappa shape index (κ1) is 14.8. The number of tetrazole rings is 1. The van der Waals surface area contributed by atoms with Crippen LogP contribution in [0.5, 0.6) is 0 Å². The fourth-order valence-corrected chi connectivity index (χ4v) is 2.96. The normalized spacial score (nSPS) is 12.5. The summed E-state index contributed by atoms with van der Waals surface area (Å²) in [6.07, 6.45) is 0.976. The number of hydrogen-bond donors (Lipinski definition) is 1. The van der Waals surface area contributed by atoms with Crippen LogP contribution in [-0.4, -0.2) is 25.2 Å². The summed E-state index contributed by atoms with van der Waals surface area (Å²) in [5.41, 5.74) is 2.03. The monoisotopic (exact) mass is 314 g/mol. The topological polar surface area (TPSA) is 68.5 Å². The highest BCUT2D eigenvalue weighted by molar-refractivity contribution is 7.09. The van der Waals surface area contributed by atoms with E-state index in [1.54, 1.807) is 16.0 Å². The first-order valence-corrected chi connectivity index (χ1v) is 8.16. The van der Waals surface area contributed by atoms with Crippen LogP contribution in [0, 0.1) is 0 Å². The molecule has 0 aliphatic carbocycles. The van der Waals surface area contributed by atoms with E-state index >= 15 is 0 Å². The van der Waals surface area contributed by atoms with Crippen LogP contribution in [-0.2, 0) is 13.0 Å². The van der Waals surface area contributed by atoms with Crippen molar-refractivity contribution in [2.75, 3.05) is 0 Å². The second-order valence-corrected chi connectivity index (χ2v) is 5.91. The lowest BCUT2D eigenvalue weighted by Gasteiger charge is -2.11. The number of thiazole rings is 1. The molecule has 0 unspecified atom stereocenters. The van der Waals surface area contributed by atoms with Crippen LogP contribution in [0.4, 0.5) is 0 Å². The van der Waals surface area contributed by atoms with Crippen molar-refractivity contribution in [3.63, 3.8) is 0 Å². The highest BCUT2D eigenvalue weighted by Gasteiger charge is 2.12. The quantitative estimate of drug-likeness (QED) is 0.757. The Hall–Kier alpha value is -2.12. The molecular weight excluding hydrogens is 296 g/mol. The van der Waals surface area contributed by atoms with Crippen molar-refractivity contribution in [2.24, 2.45) is 0 Å². The second kappa shape index (κ2) is 6.76. The predicted molar refractivity (Wildman–Crippen MR) is 85.9 cm³/mol. The van der Waals surface area contributed by atoms with Gasteiger partial charge in [-0.2, -0.15) is 4.68 Å². The van der Waals surface area contributed by atoms with Gasteiger partial charge in [0.1, 0.15) is 0 Å². The molecule has 0 bridgehead atoms. The van der Waals surface area contributed by atoms with Crippen molar-refractivity contribution in [1.82, 2.24) is 30.5 Å². The van der Waals surface area contributed by atoms with E-state index in [0.29, 0.717) is 6.54 Å². The van der Waals surface area contributed by atoms with Gasteiger partial charge in [0, 0.05) is 11.4 Å². The van der Waals surface area contributed by atoms with Crippen LogP contribution in [0.2, 0.25) is 0 Å². The standard InChI is InChI=1S/C15H18N6S/c1-3-15-17-13(10-22-15)11(2)16-9-14-18-19-20-21(14)12-7-5-4-6-8-12/h4-8,10-11,16H,3,9H2,1-2H3/t11-/m0/s1. The molecule has 1 aromatic carbocycles. The fraction of sp³-hybridized carbons (Fsp3) is 0.333. The summed E-state index contributed by atoms with van der Waals surface area (Å²) in [7, 11) is 0. The van der Waals surface area contributed by atoms with E-state index in [4.69, 9.17) is 0 Å². The Kier molecular flexibility index (Phi) is 4.55. The molecule has 0 saturated carbocycles. The molecule has 114 valence electrons. The molecule has 1 N–H and O–H groups in total. The van der Waals surface area contributed by atoms with Gasteiger partial charge in [-0.15, -0.1) is 16.4 Å². The molecule has 0 aliphatic rings. The molecule has 0 saturated heterocycles. The van der Waals surface area contributed by atoms with Crippen LogP contribution in [0.15, 0.2) is 35.7 Å². The third kappa shape index (κ3) is 3.20. The fourth-order valence-electron chi connectivity index (χ4n) is 2.12. The van der Waals surface area contributed by atoms with Crippen LogP contribution in [0.25, 0.3) is 5.69 Å². The third-order valence-electron chi connectivity index (χ3n) is 3.42. The van der Waals surface area contributed by atoms with Crippen molar-refractivity contribution in [3.8, 4) is 5.69 Å². The van der Waals surface area contributed by atoms with Crippen molar-refractivity contribution in [3.05, 3.63) is 52.2 Å². The van der Waals surface area contributed by atoms with Crippen LogP contribution in [0.1, 0.15) is 36.4 Å². The van der Waals surface area contributed by atoms with Crippen molar-refractivity contribution < 1.29 is 0 Å². The Bertz CT molecular complexity index is 720. The predicted octanol–water partition coefficient (Wildman–Crippen LogP) is 2.53. The molecule has 3 rings (SSSR count). The maximum Gasteiger partial charge on any atom is 0.170 e. The van der Waals surface area contributed by atoms with Gasteiger partial charge < -0.3 is 5.32 Å². The number of hydrogen-bond acceptors (Lipinski definition) is 6. The van der Waals surface area contributed by atoms with Crippen molar-refractivity contribution in [1.29, 1.82) is 0 Å². The minimum Gasteiger partial charge on any atom is -0.302 e. The Morgan fingerprint density at radius 2 is 2.09 bits per heavy atom. The molecule has 0 fully saturated rings. The lowest BCUT2D eigenvalue weighted by atomic mass is 10.2. The van der Waals surface area contributed by atoms with Gasteiger partial charge in [0.2, 0.25) is 0 Å². The van der Waals surface area contributed by atoms with Gasteiger partial charge in [0.15, 0.2) is 5.82 Å². The van der Waals surface area contributed by atoms with E-state index in [0.717, 1.165) is 28.6 Å². The summed E-state index contributed by atoms with van der Waals surface area (Å²) in [5.74, 6) is 0.781. The third-order valence-corrected chi connectivity index (χ3v) is 4.43. The van der Waals surface area contributed by atoms with Gasteiger partial charge in [-0.25, -0.2) is 4.98 Å². The lowest BCUT2D eigenvalue weighted by Crippen LogP contribution is -2.21. The maximum atomic E-state index is 4.61. The van der Waals surface area contributed by atoms with E-state index in [9.17, 15) is 0 Å². The summed E-state index contributed by atoms with van der Waals surface area (Å²) in [5, 5.41) is 18.6. The highest BCUT2D eigenvalue weighted by Crippen LogP contribution is 2.17.